The van der Waals surface area contributed by atoms with E-state index in [2.05, 4.69) is 0 Å². The lowest BCUT2D eigenvalue weighted by Gasteiger charge is -2.19. The highest BCUT2D eigenvalue weighted by molar-refractivity contribution is 5.86. The van der Waals surface area contributed by atoms with Crippen LogP contribution in [-0.4, -0.2) is 42.3 Å². The molecule has 0 unspecified atom stereocenters. The number of carbonyl (C=O) groups excluding carboxylic acids is 1. The Labute approximate surface area is 87.6 Å². The number of ether oxygens (including phenoxy) is 3. The van der Waals surface area contributed by atoms with E-state index in [4.69, 9.17) is 19.3 Å². The second kappa shape index (κ2) is 3.59. The van der Waals surface area contributed by atoms with E-state index in [1.807, 2.05) is 0 Å². The molecule has 2 aliphatic rings. The summed E-state index contributed by atoms with van der Waals surface area (Å²) in [7, 11) is 0. The first-order valence-electron chi connectivity index (χ1n) is 4.86. The van der Waals surface area contributed by atoms with E-state index in [1.165, 1.54) is 6.08 Å². The Hall–Kier alpha value is -0.910. The molecule has 0 aromatic rings. The predicted octanol–water partition coefficient (Wildman–Crippen LogP) is -0.0180. The maximum absolute atomic E-state index is 11.0. The van der Waals surface area contributed by atoms with E-state index in [1.54, 1.807) is 13.8 Å². The zero-order chi connectivity index (χ0) is 11.1. The van der Waals surface area contributed by atoms with Gasteiger partial charge in [-0.2, -0.15) is 0 Å². The molecule has 0 aromatic heterocycles. The molecule has 5 heteroatoms. The summed E-state index contributed by atoms with van der Waals surface area (Å²) in [5.41, 5.74) is 0.660. The van der Waals surface area contributed by atoms with Gasteiger partial charge in [0.15, 0.2) is 5.79 Å². The third-order valence-corrected chi connectivity index (χ3v) is 2.46. The number of carbonyl (C=O) groups is 1. The molecule has 0 bridgehead atoms. The molecule has 5 nitrogen and oxygen atoms in total. The van der Waals surface area contributed by atoms with E-state index in [-0.39, 0.29) is 12.7 Å². The van der Waals surface area contributed by atoms with Crippen molar-refractivity contribution in [3.63, 3.8) is 0 Å². The van der Waals surface area contributed by atoms with Gasteiger partial charge in [0.2, 0.25) is 0 Å². The van der Waals surface area contributed by atoms with Crippen LogP contribution in [0.25, 0.3) is 0 Å². The maximum Gasteiger partial charge on any atom is 0.331 e. The molecule has 1 fully saturated rings. The fraction of sp³-hybridized carbons (Fsp3) is 0.700. The average molecular weight is 214 g/mol. The zero-order valence-electron chi connectivity index (χ0n) is 8.73. The zero-order valence-corrected chi connectivity index (χ0v) is 8.73. The molecule has 0 amide bonds. The predicted molar refractivity (Wildman–Crippen MR) is 50.0 cm³/mol. The van der Waals surface area contributed by atoms with Crippen LogP contribution in [-0.2, 0) is 19.0 Å². The first kappa shape index (κ1) is 10.6. The largest absolute Gasteiger partial charge is 0.452 e. The van der Waals surface area contributed by atoms with E-state index in [9.17, 15) is 4.79 Å². The van der Waals surface area contributed by atoms with Crippen LogP contribution in [0.3, 0.4) is 0 Å². The monoisotopic (exact) mass is 214 g/mol. The van der Waals surface area contributed by atoms with Crippen LogP contribution in [0.4, 0.5) is 0 Å². The van der Waals surface area contributed by atoms with Crippen LogP contribution < -0.4 is 0 Å². The van der Waals surface area contributed by atoms with Gasteiger partial charge in [-0.05, 0) is 13.8 Å². The molecule has 2 atom stereocenters. The average Bonchev–Trinajstić information content (AvgIpc) is 2.68. The molecule has 15 heavy (non-hydrogen) atoms. The minimum Gasteiger partial charge on any atom is -0.452 e. The molecule has 0 spiro atoms. The van der Waals surface area contributed by atoms with Gasteiger partial charge in [0, 0.05) is 11.6 Å². The number of aliphatic hydroxyl groups is 1. The van der Waals surface area contributed by atoms with Crippen molar-refractivity contribution >= 4 is 5.97 Å². The van der Waals surface area contributed by atoms with Gasteiger partial charge in [0.1, 0.15) is 12.2 Å². The smallest absolute Gasteiger partial charge is 0.331 e. The number of aliphatic hydroxyl groups excluding tert-OH is 1. The van der Waals surface area contributed by atoms with E-state index >= 15 is 0 Å². The number of esters is 1. The Morgan fingerprint density at radius 3 is 2.87 bits per heavy atom. The van der Waals surface area contributed by atoms with Crippen molar-refractivity contribution in [2.24, 2.45) is 0 Å². The molecule has 0 aromatic carbocycles. The molecular formula is C10H14O5. The summed E-state index contributed by atoms with van der Waals surface area (Å²) in [6, 6.07) is 0. The highest BCUT2D eigenvalue weighted by Crippen LogP contribution is 2.30. The molecule has 0 radical (unpaired) electrons. The van der Waals surface area contributed by atoms with Crippen molar-refractivity contribution in [1.29, 1.82) is 0 Å². The van der Waals surface area contributed by atoms with E-state index < -0.39 is 17.9 Å². The molecule has 0 aliphatic carbocycles. The fourth-order valence-corrected chi connectivity index (χ4v) is 1.77. The second-order valence-corrected chi connectivity index (χ2v) is 4.07. The van der Waals surface area contributed by atoms with Gasteiger partial charge >= 0.3 is 5.97 Å². The molecule has 2 aliphatic heterocycles. The summed E-state index contributed by atoms with van der Waals surface area (Å²) in [5, 5.41) is 9.03. The van der Waals surface area contributed by atoms with Crippen molar-refractivity contribution in [2.75, 3.05) is 13.2 Å². The topological polar surface area (TPSA) is 65.0 Å². The molecule has 2 rings (SSSR count). The highest BCUT2D eigenvalue weighted by atomic mass is 16.7. The van der Waals surface area contributed by atoms with Crippen LogP contribution in [0.15, 0.2) is 11.6 Å². The third-order valence-electron chi connectivity index (χ3n) is 2.46. The van der Waals surface area contributed by atoms with E-state index in [0.29, 0.717) is 12.2 Å². The first-order valence-corrected chi connectivity index (χ1v) is 4.86. The van der Waals surface area contributed by atoms with Crippen molar-refractivity contribution in [2.45, 2.75) is 31.8 Å². The molecule has 84 valence electrons. The van der Waals surface area contributed by atoms with Crippen LogP contribution in [0.5, 0.6) is 0 Å². The van der Waals surface area contributed by atoms with Gasteiger partial charge in [0.25, 0.3) is 0 Å². The van der Waals surface area contributed by atoms with E-state index in [0.717, 1.165) is 0 Å². The molecule has 1 N–H and O–H groups in total. The van der Waals surface area contributed by atoms with Gasteiger partial charge in [-0.3, -0.25) is 0 Å². The van der Waals surface area contributed by atoms with Crippen LogP contribution in [0, 0.1) is 0 Å². The minimum absolute atomic E-state index is 0.224. The molecule has 2 heterocycles. The summed E-state index contributed by atoms with van der Waals surface area (Å²) < 4.78 is 15.8. The van der Waals surface area contributed by atoms with Crippen molar-refractivity contribution in [3.8, 4) is 0 Å². The van der Waals surface area contributed by atoms with Gasteiger partial charge in [-0.25, -0.2) is 4.79 Å². The standard InChI is InChI=1S/C10H14O5/c1-10(2)13-5-8(15-10)6-3-9(12)14-7(6)4-11/h3,7-8,11H,4-5H2,1-2H3/t7-,8-/m0/s1. The normalized spacial score (nSPS) is 34.1. The first-order chi connectivity index (χ1) is 7.02. The number of rotatable bonds is 2. The Bertz CT molecular complexity index is 307. The Balaban J connectivity index is 2.11. The third kappa shape index (κ3) is 2.04. The summed E-state index contributed by atoms with van der Waals surface area (Å²) in [6.45, 7) is 3.77. The van der Waals surface area contributed by atoms with Crippen LogP contribution in [0.1, 0.15) is 13.8 Å². The van der Waals surface area contributed by atoms with Crippen molar-refractivity contribution < 1.29 is 24.1 Å². The van der Waals surface area contributed by atoms with Crippen molar-refractivity contribution in [3.05, 3.63) is 11.6 Å². The Kier molecular flexibility index (Phi) is 2.54. The summed E-state index contributed by atoms with van der Waals surface area (Å²) in [5.74, 6) is -1.07. The van der Waals surface area contributed by atoms with Gasteiger partial charge < -0.3 is 19.3 Å². The SMILES string of the molecule is CC1(C)OC[C@@H](C2=CC(=O)O[C@H]2CO)O1. The van der Waals surface area contributed by atoms with Crippen LogP contribution in [0.2, 0.25) is 0 Å². The second-order valence-electron chi connectivity index (χ2n) is 4.07. The fourth-order valence-electron chi connectivity index (χ4n) is 1.77. The number of hydrogen-bond donors (Lipinski definition) is 1. The van der Waals surface area contributed by atoms with Gasteiger partial charge in [0.05, 0.1) is 13.2 Å². The maximum atomic E-state index is 11.0. The van der Waals surface area contributed by atoms with Gasteiger partial charge in [-0.1, -0.05) is 0 Å². The lowest BCUT2D eigenvalue weighted by Crippen LogP contribution is -2.27. The minimum atomic E-state index is -0.642. The number of hydrogen-bond acceptors (Lipinski definition) is 5. The van der Waals surface area contributed by atoms with Crippen LogP contribution >= 0.6 is 0 Å². The molecule has 1 saturated heterocycles. The Morgan fingerprint density at radius 1 is 1.60 bits per heavy atom. The summed E-state index contributed by atoms with van der Waals surface area (Å²) >= 11 is 0. The quantitative estimate of drug-likeness (QED) is 0.654. The highest BCUT2D eigenvalue weighted by Gasteiger charge is 2.40. The Morgan fingerprint density at radius 2 is 2.33 bits per heavy atom. The lowest BCUT2D eigenvalue weighted by molar-refractivity contribution is -0.141. The molecule has 0 saturated carbocycles. The molecular weight excluding hydrogens is 200 g/mol. The lowest BCUT2D eigenvalue weighted by atomic mass is 10.1. The number of cyclic esters (lactones) is 1. The summed E-state index contributed by atoms with van der Waals surface area (Å²) in [4.78, 5) is 11.0. The van der Waals surface area contributed by atoms with Gasteiger partial charge in [-0.15, -0.1) is 0 Å². The van der Waals surface area contributed by atoms with Crippen molar-refractivity contribution in [1.82, 2.24) is 0 Å². The summed E-state index contributed by atoms with van der Waals surface area (Å²) in [6.07, 6.45) is 0.486.